The number of rotatable bonds is 4. The highest BCUT2D eigenvalue weighted by Gasteiger charge is 2.36. The van der Waals surface area contributed by atoms with Crippen molar-refractivity contribution < 1.29 is 18.9 Å². The van der Waals surface area contributed by atoms with Crippen molar-refractivity contribution in [2.24, 2.45) is 0 Å². The Kier molecular flexibility index (Phi) is 4.77. The van der Waals surface area contributed by atoms with Crippen LogP contribution in [0.2, 0.25) is 0 Å². The lowest BCUT2D eigenvalue weighted by Gasteiger charge is -2.15. The molecule has 1 fully saturated rings. The van der Waals surface area contributed by atoms with E-state index in [-0.39, 0.29) is 18.8 Å². The van der Waals surface area contributed by atoms with Crippen LogP contribution in [0, 0.1) is 6.92 Å². The van der Waals surface area contributed by atoms with Gasteiger partial charge in [-0.2, -0.15) is 9.51 Å². The molecule has 2 heterocycles. The Bertz CT molecular complexity index is 581. The molecule has 2 rings (SSSR count). The summed E-state index contributed by atoms with van der Waals surface area (Å²) in [6, 6.07) is 0. The van der Waals surface area contributed by atoms with E-state index in [4.69, 9.17) is 15.0 Å². The van der Waals surface area contributed by atoms with E-state index in [1.807, 2.05) is 0 Å². The van der Waals surface area contributed by atoms with Gasteiger partial charge in [-0.25, -0.2) is 4.79 Å². The lowest BCUT2D eigenvalue weighted by atomic mass is 10.2. The molecule has 0 spiro atoms. The first-order valence-electron chi connectivity index (χ1n) is 5.84. The van der Waals surface area contributed by atoms with E-state index in [9.17, 15) is 14.5 Å². The molecule has 1 unspecified atom stereocenters. The van der Waals surface area contributed by atoms with Gasteiger partial charge in [0.25, 0.3) is 0 Å². The molecule has 3 N–H and O–H groups in total. The molecule has 8 nitrogen and oxygen atoms in total. The molecule has 0 saturated carbocycles. The van der Waals surface area contributed by atoms with E-state index in [0.717, 1.165) is 0 Å². The molecule has 1 aliphatic rings. The molecule has 20 heavy (non-hydrogen) atoms. The normalized spacial score (nSPS) is 26.8. The number of hydrogen-bond donors (Lipinski definition) is 2. The summed E-state index contributed by atoms with van der Waals surface area (Å²) in [4.78, 5) is 15.4. The van der Waals surface area contributed by atoms with Crippen LogP contribution < -0.4 is 11.4 Å². The first kappa shape index (κ1) is 15.4. The highest BCUT2D eigenvalue weighted by molar-refractivity contribution is 8.25. The summed E-state index contributed by atoms with van der Waals surface area (Å²) in [5.41, 5.74) is 5.63. The molecule has 10 heteroatoms. The molecule has 0 aromatic carbocycles. The van der Waals surface area contributed by atoms with Crippen molar-refractivity contribution in [1.82, 2.24) is 9.55 Å². The van der Waals surface area contributed by atoms with Gasteiger partial charge < -0.3 is 27.8 Å². The van der Waals surface area contributed by atoms with E-state index in [1.165, 1.54) is 10.8 Å². The highest BCUT2D eigenvalue weighted by atomic mass is 32.7. The van der Waals surface area contributed by atoms with E-state index >= 15 is 0 Å². The van der Waals surface area contributed by atoms with Crippen LogP contribution in [-0.4, -0.2) is 33.5 Å². The predicted molar refractivity (Wildman–Crippen MR) is 73.1 cm³/mol. The fraction of sp³-hybridized carbons (Fsp3) is 0.600. The van der Waals surface area contributed by atoms with Crippen LogP contribution in [0.3, 0.4) is 0 Å². The van der Waals surface area contributed by atoms with E-state index in [0.29, 0.717) is 5.56 Å². The van der Waals surface area contributed by atoms with Gasteiger partial charge in [-0.1, -0.05) is 4.57 Å². The fourth-order valence-electron chi connectivity index (χ4n) is 1.96. The Morgan fingerprint density at radius 1 is 1.75 bits per heavy atom. The molecule has 1 aromatic heterocycles. The summed E-state index contributed by atoms with van der Waals surface area (Å²) in [6.07, 6.45) is -0.464. The average Bonchev–Trinajstić information content (AvgIpc) is 2.72. The lowest BCUT2D eigenvalue weighted by molar-refractivity contribution is -0.0393. The zero-order valence-electron chi connectivity index (χ0n) is 10.6. The fourth-order valence-corrected chi connectivity index (χ4v) is 2.41. The molecule has 110 valence electrons. The monoisotopic (exact) mass is 319 g/mol. The summed E-state index contributed by atoms with van der Waals surface area (Å²) in [7, 11) is -2.18. The van der Waals surface area contributed by atoms with Gasteiger partial charge in [-0.05, 0) is 6.92 Å². The number of ether oxygens (including phenoxy) is 1. The maximum atomic E-state index is 11.8. The van der Waals surface area contributed by atoms with Gasteiger partial charge in [0.1, 0.15) is 24.8 Å². The molecule has 4 atom stereocenters. The second-order valence-corrected chi connectivity index (χ2v) is 6.05. The van der Waals surface area contributed by atoms with Crippen LogP contribution in [0.25, 0.3) is 0 Å². The van der Waals surface area contributed by atoms with Gasteiger partial charge >= 0.3 is 12.9 Å². The Labute approximate surface area is 120 Å². The van der Waals surface area contributed by atoms with E-state index in [1.54, 1.807) is 6.92 Å². The van der Waals surface area contributed by atoms with Crippen LogP contribution in [0.1, 0.15) is 18.2 Å². The second-order valence-electron chi connectivity index (χ2n) is 4.45. The number of nitrogens with two attached hydrogens (primary N) is 1. The number of aliphatic hydroxyl groups is 1. The van der Waals surface area contributed by atoms with Gasteiger partial charge in [0.2, 0.25) is 0 Å². The molecular weight excluding hydrogens is 305 g/mol. The van der Waals surface area contributed by atoms with Crippen molar-refractivity contribution in [3.63, 3.8) is 0 Å². The number of hydrogen-bond acceptors (Lipinski definition) is 8. The zero-order chi connectivity index (χ0) is 14.9. The van der Waals surface area contributed by atoms with Crippen LogP contribution >= 0.6 is 7.23 Å². The summed E-state index contributed by atoms with van der Waals surface area (Å²) < 4.78 is 22.3. The minimum absolute atomic E-state index is 0.0908. The molecule has 0 amide bonds. The van der Waals surface area contributed by atoms with Gasteiger partial charge in [-0.3, -0.25) is 4.57 Å². The van der Waals surface area contributed by atoms with Crippen molar-refractivity contribution in [3.8, 4) is 0 Å². The smallest absolute Gasteiger partial charge is 0.372 e. The Balaban J connectivity index is 2.14. The summed E-state index contributed by atoms with van der Waals surface area (Å²) in [5, 5.41) is 9.85. The lowest BCUT2D eigenvalue weighted by Crippen LogP contribution is -2.28. The van der Waals surface area contributed by atoms with Crippen LogP contribution in [0.15, 0.2) is 11.0 Å². The number of aromatic nitrogens is 2. The number of anilines is 1. The molecular formula is C10H14N3O5PS. The van der Waals surface area contributed by atoms with E-state index < -0.39 is 31.4 Å². The minimum atomic E-state index is -2.18. The van der Waals surface area contributed by atoms with Gasteiger partial charge in [0, 0.05) is 18.2 Å². The molecule has 0 aliphatic carbocycles. The zero-order valence-corrected chi connectivity index (χ0v) is 12.3. The standard InChI is InChI=1S/C10H14N3O5PS/c1-5-3-13(10(15)12-9(5)11)8-2-6(14)7(18-8)4-17-19(16)20/h3,6-8,14H,2,4H2,1H3,(H2,11,12,15)/t6-,7+,8+/m0/s1. The quantitative estimate of drug-likeness (QED) is 0.588. The van der Waals surface area contributed by atoms with Crippen LogP contribution in [0.4, 0.5) is 5.82 Å². The SMILES string of the molecule is Cc1cn([C@H]2C[C@H](O)[C@@H](CO[P+](=O)[S-])O2)c(=O)nc1N. The Morgan fingerprint density at radius 2 is 2.45 bits per heavy atom. The maximum absolute atomic E-state index is 11.8. The predicted octanol–water partition coefficient (Wildman–Crippen LogP) is 0.00322. The number of nitrogen functional groups attached to an aromatic ring is 1. The largest absolute Gasteiger partial charge is 0.408 e. The topological polar surface area (TPSA) is 117 Å². The molecule has 1 saturated heterocycles. The van der Waals surface area contributed by atoms with Crippen molar-refractivity contribution in [2.75, 3.05) is 12.3 Å². The van der Waals surface area contributed by atoms with Crippen molar-refractivity contribution in [3.05, 3.63) is 22.2 Å². The first-order chi connectivity index (χ1) is 9.38. The molecule has 0 bridgehead atoms. The van der Waals surface area contributed by atoms with E-state index in [2.05, 4.69) is 17.2 Å². The van der Waals surface area contributed by atoms with Gasteiger partial charge in [0.15, 0.2) is 0 Å². The highest BCUT2D eigenvalue weighted by Crippen LogP contribution is 2.30. The molecule has 1 aliphatic heterocycles. The molecule has 1 aromatic rings. The first-order valence-corrected chi connectivity index (χ1v) is 8.03. The number of aryl methyl sites for hydroxylation is 1. The van der Waals surface area contributed by atoms with Crippen molar-refractivity contribution in [2.45, 2.75) is 31.8 Å². The number of aliphatic hydroxyl groups excluding tert-OH is 1. The van der Waals surface area contributed by atoms with Crippen molar-refractivity contribution >= 4 is 25.3 Å². The third-order valence-electron chi connectivity index (χ3n) is 3.03. The van der Waals surface area contributed by atoms with Gasteiger partial charge in [-0.15, -0.1) is 0 Å². The Hall–Kier alpha value is -0.990. The van der Waals surface area contributed by atoms with Crippen LogP contribution in [0.5, 0.6) is 0 Å². The summed E-state index contributed by atoms with van der Waals surface area (Å²) in [6.45, 7) is 1.62. The molecule has 0 radical (unpaired) electrons. The van der Waals surface area contributed by atoms with Gasteiger partial charge in [0.05, 0.1) is 6.10 Å². The Morgan fingerprint density at radius 3 is 3.10 bits per heavy atom. The third kappa shape index (κ3) is 3.36. The summed E-state index contributed by atoms with van der Waals surface area (Å²) in [5.74, 6) is 0.160. The summed E-state index contributed by atoms with van der Waals surface area (Å²) >= 11 is 4.40. The van der Waals surface area contributed by atoms with Crippen molar-refractivity contribution in [1.29, 1.82) is 0 Å². The maximum Gasteiger partial charge on any atom is 0.372 e. The third-order valence-corrected chi connectivity index (χ3v) is 3.71. The van der Waals surface area contributed by atoms with Crippen LogP contribution in [-0.2, 0) is 26.1 Å². The number of nitrogens with zero attached hydrogens (tertiary/aromatic N) is 2. The minimum Gasteiger partial charge on any atom is -0.408 e. The second kappa shape index (κ2) is 6.19. The average molecular weight is 319 g/mol.